The molecule has 1 N–H and O–H groups in total. The predicted molar refractivity (Wildman–Crippen MR) is 61.5 cm³/mol. The van der Waals surface area contributed by atoms with E-state index in [1.165, 1.54) is 51.4 Å². The minimum atomic E-state index is 0. The third kappa shape index (κ3) is 16.3. The number of rotatable bonds is 9. The molecule has 0 saturated heterocycles. The zero-order valence-corrected chi connectivity index (χ0v) is 8.52. The van der Waals surface area contributed by atoms with Crippen LogP contribution in [0.1, 0.15) is 64.7 Å². The van der Waals surface area contributed by atoms with E-state index < -0.39 is 0 Å². The number of unbranched alkanes of at least 4 members (excludes halogenated alkanes) is 8. The Balaban J connectivity index is 0. The van der Waals surface area contributed by atoms with Crippen molar-refractivity contribution in [3.8, 4) is 0 Å². The third-order valence-corrected chi connectivity index (χ3v) is 2.26. The fourth-order valence-electron chi connectivity index (χ4n) is 1.42. The van der Waals surface area contributed by atoms with Crippen molar-refractivity contribution in [3.63, 3.8) is 0 Å². The topological polar surface area (TPSA) is 20.2 Å². The first kappa shape index (κ1) is 17.0. The average molecular weight is 212 g/mol. The molecule has 0 amide bonds. The van der Waals surface area contributed by atoms with Gasteiger partial charge < -0.3 is 5.11 Å². The van der Waals surface area contributed by atoms with Gasteiger partial charge in [-0.15, -0.1) is 0 Å². The maximum absolute atomic E-state index is 8.54. The molecule has 0 aliphatic carbocycles. The molecule has 13 heavy (non-hydrogen) atoms. The van der Waals surface area contributed by atoms with E-state index in [1.807, 2.05) is 0 Å². The van der Waals surface area contributed by atoms with E-state index in [9.17, 15) is 0 Å². The Hall–Kier alpha value is 1.60. The Bertz CT molecular complexity index is 66.5. The summed E-state index contributed by atoms with van der Waals surface area (Å²) in [5.74, 6) is 0. The molecule has 0 aliphatic rings. The van der Waals surface area contributed by atoms with Crippen molar-refractivity contribution >= 4 is 51.4 Å². The Labute approximate surface area is 126 Å². The van der Waals surface area contributed by atoms with Crippen molar-refractivity contribution in [1.82, 2.24) is 0 Å². The van der Waals surface area contributed by atoms with Gasteiger partial charge in [0.15, 0.2) is 0 Å². The summed E-state index contributed by atoms with van der Waals surface area (Å²) in [6, 6.07) is 0. The number of aliphatic hydroxyl groups is 1. The summed E-state index contributed by atoms with van der Waals surface area (Å²) in [6.07, 6.45) is 11.8. The molecule has 0 bridgehead atoms. The van der Waals surface area contributed by atoms with Crippen LogP contribution in [0.4, 0.5) is 0 Å². The molecule has 0 radical (unpaired) electrons. The van der Waals surface area contributed by atoms with E-state index in [4.69, 9.17) is 5.11 Å². The minimum absolute atomic E-state index is 0. The molecule has 0 aliphatic heterocycles. The molecule has 0 rings (SSSR count). The fraction of sp³-hybridized carbons (Fsp3) is 1.00. The van der Waals surface area contributed by atoms with Crippen molar-refractivity contribution < 1.29 is 5.11 Å². The molecule has 0 aromatic heterocycles. The molecular formula is C11H25KO. The summed E-state index contributed by atoms with van der Waals surface area (Å²) >= 11 is 0. The van der Waals surface area contributed by atoms with Crippen LogP contribution in [0.3, 0.4) is 0 Å². The molecule has 0 saturated carbocycles. The van der Waals surface area contributed by atoms with Crippen LogP contribution in [-0.4, -0.2) is 63.1 Å². The monoisotopic (exact) mass is 212 g/mol. The van der Waals surface area contributed by atoms with E-state index in [-0.39, 0.29) is 51.4 Å². The van der Waals surface area contributed by atoms with Gasteiger partial charge in [0.25, 0.3) is 0 Å². The predicted octanol–water partition coefficient (Wildman–Crippen LogP) is 2.86. The average Bonchev–Trinajstić information content (AvgIpc) is 2.10. The standard InChI is InChI=1S/C11H24O.K.H/c1-2-3-4-5-6-7-8-9-10-11-12;;/h12H,2-11H2,1H3;;. The molecule has 76 valence electrons. The van der Waals surface area contributed by atoms with Crippen molar-refractivity contribution in [2.75, 3.05) is 6.61 Å². The summed E-state index contributed by atoms with van der Waals surface area (Å²) in [4.78, 5) is 0. The molecule has 0 aromatic carbocycles. The van der Waals surface area contributed by atoms with Crippen LogP contribution in [0.5, 0.6) is 0 Å². The number of hydrogen-bond acceptors (Lipinski definition) is 1. The van der Waals surface area contributed by atoms with Gasteiger partial charge in [0.1, 0.15) is 0 Å². The number of hydrogen-bond donors (Lipinski definition) is 1. The first-order valence-corrected chi connectivity index (χ1v) is 5.52. The molecule has 0 unspecified atom stereocenters. The summed E-state index contributed by atoms with van der Waals surface area (Å²) in [5, 5.41) is 8.54. The first-order chi connectivity index (χ1) is 5.91. The molecule has 0 heterocycles. The molecule has 1 nitrogen and oxygen atoms in total. The molecule has 0 atom stereocenters. The van der Waals surface area contributed by atoms with Gasteiger partial charge >= 0.3 is 51.4 Å². The summed E-state index contributed by atoms with van der Waals surface area (Å²) in [7, 11) is 0. The molecule has 0 fully saturated rings. The second-order valence-corrected chi connectivity index (χ2v) is 3.55. The van der Waals surface area contributed by atoms with Gasteiger partial charge in [-0.25, -0.2) is 0 Å². The number of aliphatic hydroxyl groups excluding tert-OH is 1. The zero-order valence-electron chi connectivity index (χ0n) is 8.52. The van der Waals surface area contributed by atoms with Gasteiger partial charge in [-0.05, 0) is 6.42 Å². The SMILES string of the molecule is CCCCCCCCCCCO.[KH]. The quantitative estimate of drug-likeness (QED) is 0.460. The second-order valence-electron chi connectivity index (χ2n) is 3.55. The van der Waals surface area contributed by atoms with Crippen LogP contribution in [0.2, 0.25) is 0 Å². The molecular weight excluding hydrogens is 187 g/mol. The fourth-order valence-corrected chi connectivity index (χ4v) is 1.42. The normalized spacial score (nSPS) is 9.69. The van der Waals surface area contributed by atoms with Crippen molar-refractivity contribution in [1.29, 1.82) is 0 Å². The Morgan fingerprint density at radius 3 is 1.46 bits per heavy atom. The van der Waals surface area contributed by atoms with Crippen molar-refractivity contribution in [3.05, 3.63) is 0 Å². The zero-order chi connectivity index (χ0) is 9.07. The van der Waals surface area contributed by atoms with Gasteiger partial charge in [-0.1, -0.05) is 58.3 Å². The van der Waals surface area contributed by atoms with Crippen LogP contribution < -0.4 is 0 Å². The maximum atomic E-state index is 8.54. The molecule has 2 heteroatoms. The Morgan fingerprint density at radius 1 is 0.692 bits per heavy atom. The van der Waals surface area contributed by atoms with Crippen LogP contribution >= 0.6 is 0 Å². The second kappa shape index (κ2) is 16.0. The van der Waals surface area contributed by atoms with Gasteiger partial charge in [0, 0.05) is 6.61 Å². The van der Waals surface area contributed by atoms with Crippen LogP contribution in [-0.2, 0) is 0 Å². The summed E-state index contributed by atoms with van der Waals surface area (Å²) in [6.45, 7) is 2.62. The molecule has 0 spiro atoms. The van der Waals surface area contributed by atoms with Crippen molar-refractivity contribution in [2.24, 2.45) is 0 Å². The van der Waals surface area contributed by atoms with Gasteiger partial charge in [-0.2, -0.15) is 0 Å². The van der Waals surface area contributed by atoms with E-state index in [0.717, 1.165) is 6.42 Å². The van der Waals surface area contributed by atoms with E-state index >= 15 is 0 Å². The Morgan fingerprint density at radius 2 is 1.08 bits per heavy atom. The van der Waals surface area contributed by atoms with Crippen LogP contribution in [0.25, 0.3) is 0 Å². The van der Waals surface area contributed by atoms with E-state index in [2.05, 4.69) is 6.92 Å². The molecule has 0 aromatic rings. The van der Waals surface area contributed by atoms with Crippen LogP contribution in [0, 0.1) is 0 Å². The van der Waals surface area contributed by atoms with E-state index in [0.29, 0.717) is 6.61 Å². The van der Waals surface area contributed by atoms with Crippen molar-refractivity contribution in [2.45, 2.75) is 64.7 Å². The van der Waals surface area contributed by atoms with Gasteiger partial charge in [0.05, 0.1) is 0 Å². The summed E-state index contributed by atoms with van der Waals surface area (Å²) < 4.78 is 0. The van der Waals surface area contributed by atoms with E-state index in [1.54, 1.807) is 0 Å². The van der Waals surface area contributed by atoms with Gasteiger partial charge in [0.2, 0.25) is 0 Å². The Kier molecular flexibility index (Phi) is 21.0. The third-order valence-electron chi connectivity index (χ3n) is 2.26. The van der Waals surface area contributed by atoms with Gasteiger partial charge in [-0.3, -0.25) is 0 Å². The van der Waals surface area contributed by atoms with Crippen LogP contribution in [0.15, 0.2) is 0 Å². The first-order valence-electron chi connectivity index (χ1n) is 5.52. The summed E-state index contributed by atoms with van der Waals surface area (Å²) in [5.41, 5.74) is 0.